The van der Waals surface area contributed by atoms with Gasteiger partial charge in [-0.1, -0.05) is 0 Å². The van der Waals surface area contributed by atoms with E-state index in [1.807, 2.05) is 0 Å². The van der Waals surface area contributed by atoms with Crippen LogP contribution in [-0.2, 0) is 11.3 Å². The van der Waals surface area contributed by atoms with E-state index in [-0.39, 0.29) is 5.54 Å². The monoisotopic (exact) mass is 267 g/mol. The summed E-state index contributed by atoms with van der Waals surface area (Å²) in [6.45, 7) is 7.87. The van der Waals surface area contributed by atoms with Gasteiger partial charge in [-0.2, -0.15) is 0 Å². The Balaban J connectivity index is 1.67. The van der Waals surface area contributed by atoms with Gasteiger partial charge in [-0.05, 0) is 26.7 Å². The molecule has 0 atom stereocenters. The van der Waals surface area contributed by atoms with Crippen molar-refractivity contribution in [2.45, 2.75) is 44.8 Å². The number of hydrogen-bond acceptors (Lipinski definition) is 5. The van der Waals surface area contributed by atoms with E-state index in [2.05, 4.69) is 29.4 Å². The Hall–Kier alpha value is -0.650. The number of ether oxygens (including phenoxy) is 1. The van der Waals surface area contributed by atoms with Crippen molar-refractivity contribution in [3.8, 4) is 0 Å². The molecule has 5 heteroatoms. The Kier molecular flexibility index (Phi) is 3.30. The van der Waals surface area contributed by atoms with Gasteiger partial charge in [-0.25, -0.2) is 4.98 Å². The van der Waals surface area contributed by atoms with E-state index in [0.717, 1.165) is 37.5 Å². The number of nitrogens with zero attached hydrogens (tertiary/aromatic N) is 2. The van der Waals surface area contributed by atoms with Crippen LogP contribution in [-0.4, -0.2) is 36.3 Å². The van der Waals surface area contributed by atoms with Gasteiger partial charge in [0, 0.05) is 24.5 Å². The second-order valence-corrected chi connectivity index (χ2v) is 6.63. The van der Waals surface area contributed by atoms with Gasteiger partial charge in [0.2, 0.25) is 0 Å². The van der Waals surface area contributed by atoms with Crippen LogP contribution in [0.15, 0.2) is 5.38 Å². The molecule has 2 fully saturated rings. The zero-order valence-electron chi connectivity index (χ0n) is 11.1. The quantitative estimate of drug-likeness (QED) is 0.905. The van der Waals surface area contributed by atoms with Crippen molar-refractivity contribution in [2.75, 3.05) is 24.7 Å². The number of aromatic nitrogens is 1. The molecule has 4 nitrogen and oxygen atoms in total. The van der Waals surface area contributed by atoms with Crippen LogP contribution in [0.1, 0.15) is 32.4 Å². The Morgan fingerprint density at radius 3 is 3.11 bits per heavy atom. The molecule has 1 aliphatic carbocycles. The van der Waals surface area contributed by atoms with Crippen LogP contribution in [0.25, 0.3) is 0 Å². The zero-order valence-corrected chi connectivity index (χ0v) is 11.9. The topological polar surface area (TPSA) is 37.4 Å². The van der Waals surface area contributed by atoms with E-state index in [0.29, 0.717) is 0 Å². The van der Waals surface area contributed by atoms with Crippen molar-refractivity contribution in [2.24, 2.45) is 0 Å². The molecule has 3 rings (SSSR count). The van der Waals surface area contributed by atoms with Crippen LogP contribution in [0.3, 0.4) is 0 Å². The minimum absolute atomic E-state index is 0.0529. The first-order chi connectivity index (χ1) is 8.65. The van der Waals surface area contributed by atoms with Crippen molar-refractivity contribution in [1.82, 2.24) is 10.3 Å². The second kappa shape index (κ2) is 4.79. The summed E-state index contributed by atoms with van der Waals surface area (Å²) in [4.78, 5) is 7.13. The van der Waals surface area contributed by atoms with E-state index in [9.17, 15) is 0 Å². The molecule has 1 aromatic heterocycles. The standard InChI is InChI=1S/C13H21N3OS/c1-13(2)9-17-6-5-16(13)12-15-11(8-18-12)7-14-10-3-4-10/h8,10,14H,3-7,9H2,1-2H3. The number of anilines is 1. The smallest absolute Gasteiger partial charge is 0.186 e. The average Bonchev–Trinajstić information content (AvgIpc) is 3.05. The number of thiazole rings is 1. The van der Waals surface area contributed by atoms with E-state index in [1.54, 1.807) is 11.3 Å². The molecule has 1 aliphatic heterocycles. The van der Waals surface area contributed by atoms with E-state index in [4.69, 9.17) is 9.72 Å². The van der Waals surface area contributed by atoms with Crippen molar-refractivity contribution in [1.29, 1.82) is 0 Å². The molecule has 0 amide bonds. The summed E-state index contributed by atoms with van der Waals surface area (Å²) < 4.78 is 5.55. The summed E-state index contributed by atoms with van der Waals surface area (Å²) >= 11 is 1.75. The number of rotatable bonds is 4. The van der Waals surface area contributed by atoms with Crippen molar-refractivity contribution < 1.29 is 4.74 Å². The minimum atomic E-state index is 0.0529. The minimum Gasteiger partial charge on any atom is -0.377 e. The molecule has 0 aromatic carbocycles. The largest absolute Gasteiger partial charge is 0.377 e. The molecule has 1 saturated heterocycles. The maximum Gasteiger partial charge on any atom is 0.186 e. The molecule has 100 valence electrons. The molecule has 0 radical (unpaired) electrons. The molecule has 0 spiro atoms. The Bertz CT molecular complexity index is 414. The molecular formula is C13H21N3OS. The van der Waals surface area contributed by atoms with Gasteiger partial charge in [0.05, 0.1) is 24.4 Å². The van der Waals surface area contributed by atoms with Gasteiger partial charge >= 0.3 is 0 Å². The summed E-state index contributed by atoms with van der Waals surface area (Å²) in [5.74, 6) is 0. The highest BCUT2D eigenvalue weighted by Crippen LogP contribution is 2.30. The van der Waals surface area contributed by atoms with Gasteiger partial charge in [0.1, 0.15) is 0 Å². The Labute approximate surface area is 112 Å². The second-order valence-electron chi connectivity index (χ2n) is 5.79. The highest BCUT2D eigenvalue weighted by atomic mass is 32.1. The predicted molar refractivity (Wildman–Crippen MR) is 74.2 cm³/mol. The lowest BCUT2D eigenvalue weighted by molar-refractivity contribution is 0.0643. The maximum atomic E-state index is 5.55. The highest BCUT2D eigenvalue weighted by Gasteiger charge is 2.32. The van der Waals surface area contributed by atoms with Gasteiger partial charge in [0.25, 0.3) is 0 Å². The molecular weight excluding hydrogens is 246 g/mol. The van der Waals surface area contributed by atoms with Crippen molar-refractivity contribution >= 4 is 16.5 Å². The number of hydrogen-bond donors (Lipinski definition) is 1. The maximum absolute atomic E-state index is 5.55. The first kappa shape index (κ1) is 12.4. The van der Waals surface area contributed by atoms with Crippen LogP contribution in [0.2, 0.25) is 0 Å². The zero-order chi connectivity index (χ0) is 12.6. The summed E-state index contributed by atoms with van der Waals surface area (Å²) in [5, 5.41) is 6.82. The molecule has 2 heterocycles. The van der Waals surface area contributed by atoms with Gasteiger partial charge in [-0.15, -0.1) is 11.3 Å². The Morgan fingerprint density at radius 2 is 2.39 bits per heavy atom. The van der Waals surface area contributed by atoms with Gasteiger partial charge < -0.3 is 15.0 Å². The first-order valence-corrected chi connectivity index (χ1v) is 7.56. The summed E-state index contributed by atoms with van der Waals surface area (Å²) in [6, 6.07) is 0.745. The van der Waals surface area contributed by atoms with Crippen LogP contribution < -0.4 is 10.2 Å². The molecule has 1 N–H and O–H groups in total. The lowest BCUT2D eigenvalue weighted by Gasteiger charge is -2.42. The number of morpholine rings is 1. The van der Waals surface area contributed by atoms with Crippen molar-refractivity contribution in [3.05, 3.63) is 11.1 Å². The van der Waals surface area contributed by atoms with Crippen LogP contribution >= 0.6 is 11.3 Å². The van der Waals surface area contributed by atoms with Gasteiger partial charge in [-0.3, -0.25) is 0 Å². The third-order valence-corrected chi connectivity index (χ3v) is 4.48. The lowest BCUT2D eigenvalue weighted by Crippen LogP contribution is -2.53. The first-order valence-electron chi connectivity index (χ1n) is 6.68. The van der Waals surface area contributed by atoms with E-state index >= 15 is 0 Å². The molecule has 2 aliphatic rings. The van der Waals surface area contributed by atoms with E-state index in [1.165, 1.54) is 18.5 Å². The fourth-order valence-electron chi connectivity index (χ4n) is 2.25. The Morgan fingerprint density at radius 1 is 1.56 bits per heavy atom. The molecule has 18 heavy (non-hydrogen) atoms. The predicted octanol–water partition coefficient (Wildman–Crippen LogP) is 2.01. The van der Waals surface area contributed by atoms with Crippen LogP contribution in [0.5, 0.6) is 0 Å². The summed E-state index contributed by atoms with van der Waals surface area (Å²) in [5.41, 5.74) is 1.22. The SMILES string of the molecule is CC1(C)COCCN1c1nc(CNC2CC2)cs1. The van der Waals surface area contributed by atoms with Gasteiger partial charge in [0.15, 0.2) is 5.13 Å². The van der Waals surface area contributed by atoms with E-state index < -0.39 is 0 Å². The third kappa shape index (κ3) is 2.68. The normalized spacial score (nSPS) is 23.3. The van der Waals surface area contributed by atoms with Crippen LogP contribution in [0.4, 0.5) is 5.13 Å². The average molecular weight is 267 g/mol. The molecule has 1 aromatic rings. The third-order valence-electron chi connectivity index (χ3n) is 3.56. The molecule has 0 unspecified atom stereocenters. The molecule has 0 bridgehead atoms. The summed E-state index contributed by atoms with van der Waals surface area (Å²) in [6.07, 6.45) is 2.65. The number of nitrogens with one attached hydrogen (secondary N) is 1. The fourth-order valence-corrected chi connectivity index (χ4v) is 3.26. The highest BCUT2D eigenvalue weighted by molar-refractivity contribution is 7.13. The summed E-state index contributed by atoms with van der Waals surface area (Å²) in [7, 11) is 0. The fraction of sp³-hybridized carbons (Fsp3) is 0.769. The lowest BCUT2D eigenvalue weighted by atomic mass is 10.0. The molecule has 1 saturated carbocycles. The van der Waals surface area contributed by atoms with Crippen molar-refractivity contribution in [3.63, 3.8) is 0 Å². The van der Waals surface area contributed by atoms with Crippen LogP contribution in [0, 0.1) is 0 Å².